The summed E-state index contributed by atoms with van der Waals surface area (Å²) in [5.41, 5.74) is 2.94. The van der Waals surface area contributed by atoms with Crippen LogP contribution in [0.25, 0.3) is 0 Å². The lowest BCUT2D eigenvalue weighted by Gasteiger charge is -2.12. The van der Waals surface area contributed by atoms with Crippen molar-refractivity contribution in [2.24, 2.45) is 4.99 Å². The van der Waals surface area contributed by atoms with Crippen LogP contribution in [0.15, 0.2) is 41.8 Å². The number of para-hydroxylation sites is 1. The van der Waals surface area contributed by atoms with E-state index in [0.29, 0.717) is 6.54 Å². The zero-order valence-electron chi connectivity index (χ0n) is 11.6. The fraction of sp³-hybridized carbons (Fsp3) is 0.286. The van der Waals surface area contributed by atoms with E-state index in [4.69, 9.17) is 4.43 Å². The van der Waals surface area contributed by atoms with Crippen LogP contribution in [0.2, 0.25) is 13.1 Å². The molecule has 0 radical (unpaired) electrons. The summed E-state index contributed by atoms with van der Waals surface area (Å²) in [7, 11) is -1.09. The summed E-state index contributed by atoms with van der Waals surface area (Å²) in [6.07, 6.45) is 3.51. The van der Waals surface area contributed by atoms with Crippen molar-refractivity contribution in [3.05, 3.63) is 48.0 Å². The average molecular weight is 273 g/mol. The Bertz CT molecular complexity index is 550. The Morgan fingerprint density at radius 3 is 2.84 bits per heavy atom. The zero-order chi connectivity index (χ0) is 13.7. The molecule has 1 N–H and O–H groups in total. The van der Waals surface area contributed by atoms with Gasteiger partial charge in [0.25, 0.3) is 0 Å². The molecule has 0 saturated carbocycles. The third-order valence-corrected chi connectivity index (χ3v) is 3.42. The van der Waals surface area contributed by atoms with Crippen molar-refractivity contribution in [1.82, 2.24) is 9.97 Å². The molecule has 5 heteroatoms. The largest absolute Gasteiger partial charge is 0.547 e. The smallest absolute Gasteiger partial charge is 0.229 e. The molecule has 4 nitrogen and oxygen atoms in total. The van der Waals surface area contributed by atoms with Gasteiger partial charge in [0.2, 0.25) is 9.04 Å². The van der Waals surface area contributed by atoms with E-state index in [1.54, 1.807) is 6.33 Å². The number of hydrogen-bond acceptors (Lipinski definition) is 3. The molecule has 0 spiro atoms. The van der Waals surface area contributed by atoms with Gasteiger partial charge in [-0.05, 0) is 26.1 Å². The van der Waals surface area contributed by atoms with E-state index in [9.17, 15) is 0 Å². The lowest BCUT2D eigenvalue weighted by atomic mass is 10.2. The number of nitrogens with one attached hydrogen (secondary N) is 1. The van der Waals surface area contributed by atoms with Gasteiger partial charge in [0.05, 0.1) is 18.6 Å². The number of hydrogen-bond donors (Lipinski definition) is 1. The minimum atomic E-state index is -1.09. The van der Waals surface area contributed by atoms with Crippen LogP contribution in [0.1, 0.15) is 18.2 Å². The molecule has 0 bridgehead atoms. The molecule has 0 saturated heterocycles. The molecule has 19 heavy (non-hydrogen) atoms. The Hall–Kier alpha value is -1.88. The zero-order valence-corrected chi connectivity index (χ0v) is 12.7. The van der Waals surface area contributed by atoms with E-state index < -0.39 is 9.04 Å². The predicted octanol–water partition coefficient (Wildman–Crippen LogP) is 2.78. The normalized spacial score (nSPS) is 11.9. The molecule has 1 aromatic carbocycles. The highest BCUT2D eigenvalue weighted by molar-refractivity contribution is 6.49. The van der Waals surface area contributed by atoms with Gasteiger partial charge in [-0.1, -0.05) is 18.2 Å². The molecule has 2 aromatic rings. The van der Waals surface area contributed by atoms with Crippen molar-refractivity contribution >= 4 is 14.8 Å². The van der Waals surface area contributed by atoms with Gasteiger partial charge in [-0.2, -0.15) is 0 Å². The van der Waals surface area contributed by atoms with E-state index in [1.165, 1.54) is 0 Å². The molecule has 2 rings (SSSR count). The number of aromatic amines is 1. The Balaban J connectivity index is 2.13. The standard InChI is InChI=1S/C14H19N3OSi/c1-11(13-9-15-10-17-13)16-8-12-6-4-5-7-14(12)18-19(2)3/h4-7,9-10,19H,8H2,1-3H3,(H,15,17). The second kappa shape index (κ2) is 6.33. The van der Waals surface area contributed by atoms with Crippen molar-refractivity contribution in [3.63, 3.8) is 0 Å². The number of benzene rings is 1. The van der Waals surface area contributed by atoms with E-state index in [2.05, 4.69) is 34.1 Å². The van der Waals surface area contributed by atoms with Crippen molar-refractivity contribution in [1.29, 1.82) is 0 Å². The first-order valence-electron chi connectivity index (χ1n) is 6.41. The number of nitrogens with zero attached hydrogens (tertiary/aromatic N) is 2. The fourth-order valence-electron chi connectivity index (χ4n) is 1.75. The van der Waals surface area contributed by atoms with Crippen molar-refractivity contribution in [2.75, 3.05) is 0 Å². The monoisotopic (exact) mass is 273 g/mol. The molecule has 0 atom stereocenters. The van der Waals surface area contributed by atoms with Gasteiger partial charge in [-0.3, -0.25) is 4.99 Å². The summed E-state index contributed by atoms with van der Waals surface area (Å²) in [4.78, 5) is 11.7. The Morgan fingerprint density at radius 2 is 2.16 bits per heavy atom. The van der Waals surface area contributed by atoms with Crippen LogP contribution < -0.4 is 4.43 Å². The lowest BCUT2D eigenvalue weighted by Crippen LogP contribution is -2.12. The number of H-pyrrole nitrogens is 1. The fourth-order valence-corrected chi connectivity index (χ4v) is 2.48. The highest BCUT2D eigenvalue weighted by Crippen LogP contribution is 2.19. The van der Waals surface area contributed by atoms with Crippen molar-refractivity contribution < 1.29 is 4.43 Å². The number of aromatic nitrogens is 2. The molecule has 0 fully saturated rings. The molecule has 0 amide bonds. The Kier molecular flexibility index (Phi) is 4.51. The van der Waals surface area contributed by atoms with Crippen LogP contribution in [0, 0.1) is 0 Å². The second-order valence-corrected chi connectivity index (χ2v) is 6.96. The number of imidazole rings is 1. The van der Waals surface area contributed by atoms with E-state index in [0.717, 1.165) is 22.7 Å². The lowest BCUT2D eigenvalue weighted by molar-refractivity contribution is 0.571. The first-order valence-corrected chi connectivity index (χ1v) is 9.19. The summed E-state index contributed by atoms with van der Waals surface area (Å²) in [6, 6.07) is 8.10. The summed E-state index contributed by atoms with van der Waals surface area (Å²) in [6.45, 7) is 6.91. The van der Waals surface area contributed by atoms with Crippen LogP contribution >= 0.6 is 0 Å². The van der Waals surface area contributed by atoms with Gasteiger partial charge < -0.3 is 9.41 Å². The molecule has 0 unspecified atom stereocenters. The van der Waals surface area contributed by atoms with E-state index in [-0.39, 0.29) is 0 Å². The molecule has 100 valence electrons. The maximum absolute atomic E-state index is 5.92. The van der Waals surface area contributed by atoms with Gasteiger partial charge >= 0.3 is 0 Å². The van der Waals surface area contributed by atoms with E-state index in [1.807, 2.05) is 31.3 Å². The predicted molar refractivity (Wildman–Crippen MR) is 80.4 cm³/mol. The van der Waals surface area contributed by atoms with Crippen molar-refractivity contribution in [2.45, 2.75) is 26.6 Å². The van der Waals surface area contributed by atoms with Crippen LogP contribution in [-0.4, -0.2) is 24.7 Å². The van der Waals surface area contributed by atoms with Crippen LogP contribution in [-0.2, 0) is 6.54 Å². The number of aliphatic imine (C=N–C) groups is 1. The first kappa shape index (κ1) is 13.5. The first-order chi connectivity index (χ1) is 9.16. The van der Waals surface area contributed by atoms with Crippen LogP contribution in [0.4, 0.5) is 0 Å². The van der Waals surface area contributed by atoms with Gasteiger partial charge in [-0.15, -0.1) is 0 Å². The molecule has 0 aliphatic rings. The minimum Gasteiger partial charge on any atom is -0.547 e. The van der Waals surface area contributed by atoms with E-state index >= 15 is 0 Å². The SMILES string of the molecule is CC(=NCc1ccccc1O[SiH](C)C)c1c[nH]cn1. The Labute approximate surface area is 115 Å². The summed E-state index contributed by atoms with van der Waals surface area (Å²) < 4.78 is 5.92. The Morgan fingerprint density at radius 1 is 1.37 bits per heavy atom. The highest BCUT2D eigenvalue weighted by atomic mass is 28.3. The highest BCUT2D eigenvalue weighted by Gasteiger charge is 2.05. The third-order valence-electron chi connectivity index (χ3n) is 2.69. The van der Waals surface area contributed by atoms with Gasteiger partial charge in [0, 0.05) is 11.8 Å². The van der Waals surface area contributed by atoms with Gasteiger partial charge in [-0.25, -0.2) is 4.98 Å². The maximum Gasteiger partial charge on any atom is 0.229 e. The van der Waals surface area contributed by atoms with Gasteiger partial charge in [0.15, 0.2) is 0 Å². The van der Waals surface area contributed by atoms with Crippen LogP contribution in [0.3, 0.4) is 0 Å². The molecular weight excluding hydrogens is 254 g/mol. The summed E-state index contributed by atoms with van der Waals surface area (Å²) in [5.74, 6) is 0.961. The molecule has 0 aliphatic heterocycles. The minimum absolute atomic E-state index is 0.621. The quantitative estimate of drug-likeness (QED) is 0.672. The summed E-state index contributed by atoms with van der Waals surface area (Å²) >= 11 is 0. The molecule has 0 aliphatic carbocycles. The second-order valence-electron chi connectivity index (χ2n) is 4.63. The average Bonchev–Trinajstić information content (AvgIpc) is 2.90. The topological polar surface area (TPSA) is 50.3 Å². The molecule has 1 aromatic heterocycles. The molecule has 1 heterocycles. The summed E-state index contributed by atoms with van der Waals surface area (Å²) in [5, 5.41) is 0. The third kappa shape index (κ3) is 3.79. The van der Waals surface area contributed by atoms with Gasteiger partial charge in [0.1, 0.15) is 11.4 Å². The van der Waals surface area contributed by atoms with Crippen LogP contribution in [0.5, 0.6) is 5.75 Å². The number of rotatable bonds is 5. The maximum atomic E-state index is 5.92. The van der Waals surface area contributed by atoms with Crippen molar-refractivity contribution in [3.8, 4) is 5.75 Å². The molecular formula is C14H19N3OSi.